The van der Waals surface area contributed by atoms with Gasteiger partial charge in [-0.05, 0) is 31.4 Å². The first-order valence-electron chi connectivity index (χ1n) is 6.45. The number of sulfonamides is 1. The van der Waals surface area contributed by atoms with Crippen LogP contribution in [0.3, 0.4) is 0 Å². The first-order chi connectivity index (χ1) is 9.35. The minimum Gasteiger partial charge on any atom is -0.392 e. The lowest BCUT2D eigenvalue weighted by atomic mass is 10.2. The molecule has 20 heavy (non-hydrogen) atoms. The lowest BCUT2D eigenvalue weighted by molar-refractivity contribution is 0.281. The molecule has 1 aromatic carbocycles. The molecule has 0 radical (unpaired) electrons. The molecule has 1 aromatic rings. The van der Waals surface area contributed by atoms with Gasteiger partial charge in [-0.25, -0.2) is 13.1 Å². The molecule has 1 aliphatic rings. The molecular formula is C13H17Cl2NO3S. The Morgan fingerprint density at radius 2 is 2.05 bits per heavy atom. The number of benzene rings is 1. The van der Waals surface area contributed by atoms with Crippen LogP contribution in [0.25, 0.3) is 0 Å². The van der Waals surface area contributed by atoms with Gasteiger partial charge in [0, 0.05) is 16.6 Å². The van der Waals surface area contributed by atoms with Crippen molar-refractivity contribution in [2.24, 2.45) is 5.92 Å². The molecule has 0 heterocycles. The number of aliphatic hydroxyl groups is 1. The summed E-state index contributed by atoms with van der Waals surface area (Å²) < 4.78 is 27.3. The second-order valence-electron chi connectivity index (χ2n) is 5.20. The number of hydrogen-bond donors (Lipinski definition) is 2. The van der Waals surface area contributed by atoms with E-state index in [-0.39, 0.29) is 26.5 Å². The summed E-state index contributed by atoms with van der Waals surface area (Å²) in [5.74, 6) is 0.626. The first kappa shape index (κ1) is 16.0. The van der Waals surface area contributed by atoms with Gasteiger partial charge < -0.3 is 5.11 Å². The van der Waals surface area contributed by atoms with Crippen LogP contribution in [0, 0.1) is 5.92 Å². The molecule has 1 unspecified atom stereocenters. The Morgan fingerprint density at radius 1 is 1.40 bits per heavy atom. The molecule has 0 aliphatic heterocycles. The maximum absolute atomic E-state index is 12.3. The highest BCUT2D eigenvalue weighted by Gasteiger charge is 2.27. The fraction of sp³-hybridized carbons (Fsp3) is 0.538. The van der Waals surface area contributed by atoms with Crippen LogP contribution in [0.15, 0.2) is 17.0 Å². The van der Waals surface area contributed by atoms with Crippen molar-refractivity contribution in [3.63, 3.8) is 0 Å². The maximum atomic E-state index is 12.3. The maximum Gasteiger partial charge on any atom is 0.242 e. The van der Waals surface area contributed by atoms with Gasteiger partial charge >= 0.3 is 0 Å². The predicted molar refractivity (Wildman–Crippen MR) is 79.5 cm³/mol. The van der Waals surface area contributed by atoms with Crippen molar-refractivity contribution < 1.29 is 13.5 Å². The van der Waals surface area contributed by atoms with Gasteiger partial charge in [-0.2, -0.15) is 0 Å². The largest absolute Gasteiger partial charge is 0.392 e. The van der Waals surface area contributed by atoms with Crippen LogP contribution in [0.2, 0.25) is 10.0 Å². The summed E-state index contributed by atoms with van der Waals surface area (Å²) >= 11 is 11.9. The molecule has 1 aliphatic carbocycles. The molecule has 112 valence electrons. The zero-order chi connectivity index (χ0) is 14.9. The second kappa shape index (κ2) is 6.20. The molecule has 1 saturated carbocycles. The van der Waals surface area contributed by atoms with Crippen LogP contribution in [0.4, 0.5) is 0 Å². The summed E-state index contributed by atoms with van der Waals surface area (Å²) in [4.78, 5) is -0.0461. The third-order valence-electron chi connectivity index (χ3n) is 3.34. The van der Waals surface area contributed by atoms with Crippen LogP contribution >= 0.6 is 23.2 Å². The smallest absolute Gasteiger partial charge is 0.242 e. The van der Waals surface area contributed by atoms with E-state index in [1.54, 1.807) is 0 Å². The summed E-state index contributed by atoms with van der Waals surface area (Å²) in [6.07, 6.45) is 3.17. The lowest BCUT2D eigenvalue weighted by Crippen LogP contribution is -2.33. The summed E-state index contributed by atoms with van der Waals surface area (Å²) in [6, 6.07) is 2.64. The average Bonchev–Trinajstić information content (AvgIpc) is 3.12. The summed E-state index contributed by atoms with van der Waals surface area (Å²) in [7, 11) is -3.71. The highest BCUT2D eigenvalue weighted by atomic mass is 35.5. The van der Waals surface area contributed by atoms with E-state index in [0.717, 1.165) is 6.42 Å². The van der Waals surface area contributed by atoms with E-state index in [2.05, 4.69) is 4.72 Å². The highest BCUT2D eigenvalue weighted by Crippen LogP contribution is 2.34. The van der Waals surface area contributed by atoms with Crippen molar-refractivity contribution in [1.29, 1.82) is 0 Å². The third-order valence-corrected chi connectivity index (χ3v) is 5.87. The average molecular weight is 338 g/mol. The van der Waals surface area contributed by atoms with Crippen LogP contribution < -0.4 is 4.72 Å². The highest BCUT2D eigenvalue weighted by molar-refractivity contribution is 7.89. The zero-order valence-electron chi connectivity index (χ0n) is 11.1. The van der Waals surface area contributed by atoms with Crippen LogP contribution in [0.1, 0.15) is 31.7 Å². The molecule has 1 fully saturated rings. The van der Waals surface area contributed by atoms with Crippen molar-refractivity contribution in [2.45, 2.75) is 43.7 Å². The van der Waals surface area contributed by atoms with Crippen LogP contribution in [-0.2, 0) is 16.6 Å². The quantitative estimate of drug-likeness (QED) is 0.838. The second-order valence-corrected chi connectivity index (χ2v) is 7.67. The molecule has 2 rings (SSSR count). The van der Waals surface area contributed by atoms with Crippen LogP contribution in [0.5, 0.6) is 0 Å². The number of aliphatic hydroxyl groups excluding tert-OH is 1. The Morgan fingerprint density at radius 3 is 2.60 bits per heavy atom. The molecule has 0 bridgehead atoms. The van der Waals surface area contributed by atoms with E-state index in [4.69, 9.17) is 23.2 Å². The van der Waals surface area contributed by atoms with Gasteiger partial charge in [0.25, 0.3) is 0 Å². The van der Waals surface area contributed by atoms with Gasteiger partial charge in [-0.3, -0.25) is 0 Å². The SMILES string of the molecule is CC(CC1CC1)NS(=O)(=O)c1ccc(Cl)c(CO)c1Cl. The van der Waals surface area contributed by atoms with Crippen LogP contribution in [-0.4, -0.2) is 19.6 Å². The first-order valence-corrected chi connectivity index (χ1v) is 8.69. The van der Waals surface area contributed by atoms with Gasteiger partial charge in [-0.1, -0.05) is 36.0 Å². The van der Waals surface area contributed by atoms with Gasteiger partial charge in [0.1, 0.15) is 4.90 Å². The third kappa shape index (κ3) is 3.65. The van der Waals surface area contributed by atoms with E-state index in [9.17, 15) is 13.5 Å². The van der Waals surface area contributed by atoms with Gasteiger partial charge in [0.05, 0.1) is 11.6 Å². The molecule has 1 atom stereocenters. The number of rotatable bonds is 6. The fourth-order valence-corrected chi connectivity index (χ4v) is 4.31. The normalized spacial score (nSPS) is 17.2. The zero-order valence-corrected chi connectivity index (χ0v) is 13.4. The van der Waals surface area contributed by atoms with Crippen molar-refractivity contribution in [1.82, 2.24) is 4.72 Å². The minimum absolute atomic E-state index is 0.0221. The molecule has 0 spiro atoms. The topological polar surface area (TPSA) is 66.4 Å². The van der Waals surface area contributed by atoms with Crippen molar-refractivity contribution in [3.05, 3.63) is 27.7 Å². The van der Waals surface area contributed by atoms with E-state index >= 15 is 0 Å². The Labute approximate surface area is 129 Å². The Bertz CT molecular complexity index is 600. The Kier molecular flexibility index (Phi) is 4.97. The molecule has 0 amide bonds. The Hall–Kier alpha value is -0.330. The standard InChI is InChI=1S/C13H17Cl2NO3S/c1-8(6-9-2-3-9)16-20(18,19)12-5-4-11(14)10(7-17)13(12)15/h4-5,8-9,16-17H,2-3,6-7H2,1H3. The van der Waals surface area contributed by atoms with Gasteiger partial charge in [-0.15, -0.1) is 0 Å². The predicted octanol–water partition coefficient (Wildman–Crippen LogP) is 2.95. The summed E-state index contributed by atoms with van der Waals surface area (Å²) in [5.41, 5.74) is 0.228. The molecule has 0 aromatic heterocycles. The molecule has 7 heteroatoms. The fourth-order valence-electron chi connectivity index (χ4n) is 2.16. The Balaban J connectivity index is 2.24. The van der Waals surface area contributed by atoms with Gasteiger partial charge in [0.2, 0.25) is 10.0 Å². The van der Waals surface area contributed by atoms with E-state index in [0.29, 0.717) is 5.92 Å². The minimum atomic E-state index is -3.71. The monoisotopic (exact) mass is 337 g/mol. The molecule has 4 nitrogen and oxygen atoms in total. The summed E-state index contributed by atoms with van der Waals surface area (Å²) in [6.45, 7) is 1.44. The molecule has 2 N–H and O–H groups in total. The number of nitrogens with one attached hydrogen (secondary N) is 1. The summed E-state index contributed by atoms with van der Waals surface area (Å²) in [5, 5.41) is 9.44. The van der Waals surface area contributed by atoms with E-state index in [1.165, 1.54) is 25.0 Å². The van der Waals surface area contributed by atoms with Gasteiger partial charge in [0.15, 0.2) is 0 Å². The van der Waals surface area contributed by atoms with Crippen molar-refractivity contribution in [2.75, 3.05) is 0 Å². The number of halogens is 2. The number of hydrogen-bond acceptors (Lipinski definition) is 3. The van der Waals surface area contributed by atoms with Crippen molar-refractivity contribution >= 4 is 33.2 Å². The van der Waals surface area contributed by atoms with E-state index < -0.39 is 16.6 Å². The molecule has 0 saturated heterocycles. The lowest BCUT2D eigenvalue weighted by Gasteiger charge is -2.16. The van der Waals surface area contributed by atoms with E-state index in [1.807, 2.05) is 6.92 Å². The van der Waals surface area contributed by atoms with Crippen molar-refractivity contribution in [3.8, 4) is 0 Å². The molecular weight excluding hydrogens is 321 g/mol.